The summed E-state index contributed by atoms with van der Waals surface area (Å²) in [5, 5.41) is 8.77. The molecule has 0 aliphatic carbocycles. The van der Waals surface area contributed by atoms with E-state index in [2.05, 4.69) is 16.5 Å². The van der Waals surface area contributed by atoms with Crippen LogP contribution in [0.25, 0.3) is 0 Å². The van der Waals surface area contributed by atoms with E-state index in [4.69, 9.17) is 9.84 Å². The number of aromatic nitrogens is 2. The molecule has 1 N–H and O–H groups in total. The number of hydrogen-bond acceptors (Lipinski definition) is 4. The summed E-state index contributed by atoms with van der Waals surface area (Å²) >= 11 is 0. The van der Waals surface area contributed by atoms with Crippen LogP contribution in [0.5, 0.6) is 0 Å². The van der Waals surface area contributed by atoms with Crippen molar-refractivity contribution < 1.29 is 14.6 Å². The minimum atomic E-state index is -1.05. The molecule has 5 nitrogen and oxygen atoms in total. The highest BCUT2D eigenvalue weighted by Crippen LogP contribution is 2.04. The molecule has 0 amide bonds. The van der Waals surface area contributed by atoms with Crippen LogP contribution >= 0.6 is 0 Å². The Morgan fingerprint density at radius 3 is 3.14 bits per heavy atom. The van der Waals surface area contributed by atoms with Crippen LogP contribution in [0.1, 0.15) is 16.1 Å². The predicted octanol–water partition coefficient (Wildman–Crippen LogP) is 0.877. The monoisotopic (exact) mass is 194 g/mol. The highest BCUT2D eigenvalue weighted by atomic mass is 16.5. The van der Waals surface area contributed by atoms with Gasteiger partial charge in [0, 0.05) is 6.20 Å². The molecule has 1 heterocycles. The van der Waals surface area contributed by atoms with Gasteiger partial charge in [-0.1, -0.05) is 6.08 Å². The topological polar surface area (TPSA) is 72.3 Å². The first-order chi connectivity index (χ1) is 6.75. The van der Waals surface area contributed by atoms with Crippen molar-refractivity contribution in [1.82, 2.24) is 9.97 Å². The fourth-order valence-corrected chi connectivity index (χ4v) is 0.888. The van der Waals surface area contributed by atoms with Gasteiger partial charge in [0.1, 0.15) is 11.9 Å². The summed E-state index contributed by atoms with van der Waals surface area (Å²) in [7, 11) is 0. The summed E-state index contributed by atoms with van der Waals surface area (Å²) < 4.78 is 5.09. The Kier molecular flexibility index (Phi) is 3.75. The smallest absolute Gasteiger partial charge is 0.339 e. The van der Waals surface area contributed by atoms with Crippen molar-refractivity contribution >= 4 is 5.97 Å². The van der Waals surface area contributed by atoms with Crippen molar-refractivity contribution in [3.05, 3.63) is 36.4 Å². The quantitative estimate of drug-likeness (QED) is 0.556. The van der Waals surface area contributed by atoms with Crippen LogP contribution in [0.2, 0.25) is 0 Å². The Morgan fingerprint density at radius 1 is 1.71 bits per heavy atom. The van der Waals surface area contributed by atoms with Gasteiger partial charge in [-0.2, -0.15) is 0 Å². The molecular formula is C9H10N2O3. The minimum Gasteiger partial charge on any atom is -0.478 e. The van der Waals surface area contributed by atoms with Gasteiger partial charge in [-0.15, -0.1) is 6.58 Å². The first kappa shape index (κ1) is 10.3. The average Bonchev–Trinajstić information content (AvgIpc) is 2.19. The van der Waals surface area contributed by atoms with E-state index in [1.807, 2.05) is 0 Å². The molecule has 0 radical (unpaired) electrons. The number of carboxylic acid groups (broad SMARTS) is 1. The Balaban J connectivity index is 2.74. The Hall–Kier alpha value is -1.75. The van der Waals surface area contributed by atoms with E-state index in [1.54, 1.807) is 6.08 Å². The zero-order valence-corrected chi connectivity index (χ0v) is 7.51. The lowest BCUT2D eigenvalue weighted by Crippen LogP contribution is -2.07. The molecule has 0 aliphatic rings. The van der Waals surface area contributed by atoms with Crippen LogP contribution in [0, 0.1) is 0 Å². The standard InChI is InChI=1S/C9H10N2O3/c1-2-3-14-5-8-7(9(12)13)4-10-6-11-8/h2,4,6H,1,3,5H2,(H,12,13). The summed E-state index contributed by atoms with van der Waals surface area (Å²) in [5.74, 6) is -1.05. The van der Waals surface area contributed by atoms with Gasteiger partial charge in [0.25, 0.3) is 0 Å². The number of nitrogens with zero attached hydrogens (tertiary/aromatic N) is 2. The molecule has 0 aromatic carbocycles. The van der Waals surface area contributed by atoms with Gasteiger partial charge >= 0.3 is 5.97 Å². The average molecular weight is 194 g/mol. The molecule has 0 bridgehead atoms. The third-order valence-electron chi connectivity index (χ3n) is 1.50. The molecule has 0 aliphatic heterocycles. The third-order valence-corrected chi connectivity index (χ3v) is 1.50. The van der Waals surface area contributed by atoms with Gasteiger partial charge in [0.2, 0.25) is 0 Å². The number of carboxylic acids is 1. The lowest BCUT2D eigenvalue weighted by molar-refractivity contribution is 0.0688. The van der Waals surface area contributed by atoms with Crippen LogP contribution in [-0.4, -0.2) is 27.7 Å². The van der Waals surface area contributed by atoms with E-state index in [0.717, 1.165) is 0 Å². The second-order valence-electron chi connectivity index (χ2n) is 2.49. The van der Waals surface area contributed by atoms with Crippen LogP contribution < -0.4 is 0 Å². The second-order valence-corrected chi connectivity index (χ2v) is 2.49. The van der Waals surface area contributed by atoms with Crippen LogP contribution in [0.15, 0.2) is 25.2 Å². The van der Waals surface area contributed by atoms with Crippen molar-refractivity contribution in [2.75, 3.05) is 6.61 Å². The van der Waals surface area contributed by atoms with Crippen molar-refractivity contribution in [2.45, 2.75) is 6.61 Å². The molecule has 74 valence electrons. The first-order valence-electron chi connectivity index (χ1n) is 3.96. The van der Waals surface area contributed by atoms with E-state index >= 15 is 0 Å². The SMILES string of the molecule is C=CCOCc1ncncc1C(=O)O. The lowest BCUT2D eigenvalue weighted by Gasteiger charge is -2.03. The molecule has 5 heteroatoms. The maximum absolute atomic E-state index is 10.7. The van der Waals surface area contributed by atoms with Crippen LogP contribution in [-0.2, 0) is 11.3 Å². The van der Waals surface area contributed by atoms with E-state index in [-0.39, 0.29) is 12.2 Å². The predicted molar refractivity (Wildman–Crippen MR) is 48.8 cm³/mol. The van der Waals surface area contributed by atoms with Gasteiger partial charge in [0.05, 0.1) is 18.9 Å². The molecule has 1 aromatic heterocycles. The summed E-state index contributed by atoms with van der Waals surface area (Å²) in [4.78, 5) is 18.1. The van der Waals surface area contributed by atoms with Crippen molar-refractivity contribution in [2.24, 2.45) is 0 Å². The first-order valence-corrected chi connectivity index (χ1v) is 3.96. The summed E-state index contributed by atoms with van der Waals surface area (Å²) in [6.45, 7) is 3.99. The number of carbonyl (C=O) groups is 1. The van der Waals surface area contributed by atoms with E-state index in [1.165, 1.54) is 12.5 Å². The number of aromatic carboxylic acids is 1. The number of rotatable bonds is 5. The number of ether oxygens (including phenoxy) is 1. The normalized spacial score (nSPS) is 9.71. The zero-order valence-electron chi connectivity index (χ0n) is 7.51. The molecule has 0 atom stereocenters. The summed E-state index contributed by atoms with van der Waals surface area (Å²) in [5.41, 5.74) is 0.436. The Morgan fingerprint density at radius 2 is 2.50 bits per heavy atom. The highest BCUT2D eigenvalue weighted by molar-refractivity contribution is 5.88. The van der Waals surface area contributed by atoms with E-state index < -0.39 is 5.97 Å². The van der Waals surface area contributed by atoms with Gasteiger partial charge < -0.3 is 9.84 Å². The van der Waals surface area contributed by atoms with Crippen molar-refractivity contribution in [3.8, 4) is 0 Å². The molecule has 0 saturated heterocycles. The van der Waals surface area contributed by atoms with E-state index in [9.17, 15) is 4.79 Å². The molecule has 1 aromatic rings. The van der Waals surface area contributed by atoms with Gasteiger partial charge in [-0.3, -0.25) is 0 Å². The summed E-state index contributed by atoms with van der Waals surface area (Å²) in [6.07, 6.45) is 4.13. The molecule has 1 rings (SSSR count). The number of hydrogen-bond donors (Lipinski definition) is 1. The molecule has 0 saturated carbocycles. The molecule has 14 heavy (non-hydrogen) atoms. The van der Waals surface area contributed by atoms with E-state index in [0.29, 0.717) is 12.3 Å². The van der Waals surface area contributed by atoms with Crippen molar-refractivity contribution in [3.63, 3.8) is 0 Å². The fraction of sp³-hybridized carbons (Fsp3) is 0.222. The summed E-state index contributed by atoms with van der Waals surface area (Å²) in [6, 6.07) is 0. The van der Waals surface area contributed by atoms with Gasteiger partial charge in [-0.05, 0) is 0 Å². The molecule has 0 fully saturated rings. The minimum absolute atomic E-state index is 0.0663. The zero-order chi connectivity index (χ0) is 10.4. The molecule has 0 spiro atoms. The molecular weight excluding hydrogens is 184 g/mol. The maximum atomic E-state index is 10.7. The molecule has 0 unspecified atom stereocenters. The van der Waals surface area contributed by atoms with Crippen LogP contribution in [0.3, 0.4) is 0 Å². The maximum Gasteiger partial charge on any atom is 0.339 e. The van der Waals surface area contributed by atoms with Crippen molar-refractivity contribution in [1.29, 1.82) is 0 Å². The van der Waals surface area contributed by atoms with Gasteiger partial charge in [-0.25, -0.2) is 14.8 Å². The third kappa shape index (κ3) is 2.63. The highest BCUT2D eigenvalue weighted by Gasteiger charge is 2.10. The van der Waals surface area contributed by atoms with Gasteiger partial charge in [0.15, 0.2) is 0 Å². The second kappa shape index (κ2) is 5.08. The largest absolute Gasteiger partial charge is 0.478 e. The Bertz CT molecular complexity index is 339. The fourth-order valence-electron chi connectivity index (χ4n) is 0.888. The lowest BCUT2D eigenvalue weighted by atomic mass is 10.2. The Labute approximate surface area is 81.1 Å². The van der Waals surface area contributed by atoms with Crippen LogP contribution in [0.4, 0.5) is 0 Å².